The number of carboxylic acid groups (broad SMARTS) is 1. The van der Waals surface area contributed by atoms with E-state index < -0.39 is 24.5 Å². The van der Waals surface area contributed by atoms with Crippen LogP contribution in [-0.4, -0.2) is 36.5 Å². The van der Waals surface area contributed by atoms with Gasteiger partial charge >= 0.3 is 6.03 Å². The highest BCUT2D eigenvalue weighted by atomic mass is 16.5. The Morgan fingerprint density at radius 2 is 1.92 bits per heavy atom. The molecule has 1 heterocycles. The standard InChI is InChI=1S/C17H14N2O5/c1-24-14-7-6-10(11-4-2-3-5-12(11)14)8-13-16(22)19(9-15(20)21)17(23)18-13/h2-8H,9H2,1H3,(H,18,23)(H,20,21)/p-1/b13-8+. The van der Waals surface area contributed by atoms with Gasteiger partial charge in [-0.15, -0.1) is 0 Å². The molecule has 2 aromatic carbocycles. The molecular formula is C17H13N2O5-. The van der Waals surface area contributed by atoms with E-state index in [4.69, 9.17) is 4.74 Å². The molecule has 1 aliphatic heterocycles. The number of hydrogen-bond donors (Lipinski definition) is 1. The predicted molar refractivity (Wildman–Crippen MR) is 83.7 cm³/mol. The number of urea groups is 1. The third-order valence-electron chi connectivity index (χ3n) is 3.69. The molecule has 0 aliphatic carbocycles. The van der Waals surface area contributed by atoms with E-state index >= 15 is 0 Å². The number of amides is 3. The van der Waals surface area contributed by atoms with Gasteiger partial charge in [-0.2, -0.15) is 0 Å². The smallest absolute Gasteiger partial charge is 0.329 e. The van der Waals surface area contributed by atoms with Crippen LogP contribution in [0.2, 0.25) is 0 Å². The van der Waals surface area contributed by atoms with Crippen LogP contribution in [0.3, 0.4) is 0 Å². The summed E-state index contributed by atoms with van der Waals surface area (Å²) < 4.78 is 5.31. The van der Waals surface area contributed by atoms with Crippen LogP contribution in [0.25, 0.3) is 16.8 Å². The fraction of sp³-hybridized carbons (Fsp3) is 0.118. The molecule has 1 N–H and O–H groups in total. The number of carbonyl (C=O) groups excluding carboxylic acids is 3. The minimum Gasteiger partial charge on any atom is -0.548 e. The molecule has 24 heavy (non-hydrogen) atoms. The number of nitrogens with one attached hydrogen (secondary N) is 1. The molecule has 0 atom stereocenters. The zero-order valence-corrected chi connectivity index (χ0v) is 12.7. The number of benzene rings is 2. The van der Waals surface area contributed by atoms with Crippen molar-refractivity contribution in [2.75, 3.05) is 13.7 Å². The summed E-state index contributed by atoms with van der Waals surface area (Å²) in [5.41, 5.74) is 0.710. The number of nitrogens with zero attached hydrogens (tertiary/aromatic N) is 1. The molecule has 7 heteroatoms. The van der Waals surface area contributed by atoms with E-state index in [0.29, 0.717) is 16.2 Å². The Hall–Kier alpha value is -3.35. The number of fused-ring (bicyclic) bond motifs is 1. The van der Waals surface area contributed by atoms with Crippen LogP contribution in [0.15, 0.2) is 42.1 Å². The lowest BCUT2D eigenvalue weighted by Crippen LogP contribution is -2.41. The van der Waals surface area contributed by atoms with Crippen molar-refractivity contribution in [1.82, 2.24) is 10.2 Å². The second-order valence-electron chi connectivity index (χ2n) is 5.15. The Morgan fingerprint density at radius 1 is 1.21 bits per heavy atom. The van der Waals surface area contributed by atoms with E-state index in [-0.39, 0.29) is 5.70 Å². The van der Waals surface area contributed by atoms with Crippen molar-refractivity contribution >= 4 is 34.8 Å². The molecule has 0 unspecified atom stereocenters. The first kappa shape index (κ1) is 15.5. The first-order chi connectivity index (χ1) is 11.5. The molecular weight excluding hydrogens is 312 g/mol. The summed E-state index contributed by atoms with van der Waals surface area (Å²) in [6, 6.07) is 10.2. The summed E-state index contributed by atoms with van der Waals surface area (Å²) in [4.78, 5) is 35.1. The van der Waals surface area contributed by atoms with E-state index in [9.17, 15) is 19.5 Å². The lowest BCUT2D eigenvalue weighted by atomic mass is 10.0. The van der Waals surface area contributed by atoms with Gasteiger partial charge in [0, 0.05) is 5.39 Å². The second kappa shape index (κ2) is 6.04. The molecule has 0 spiro atoms. The number of ether oxygens (including phenoxy) is 1. The summed E-state index contributed by atoms with van der Waals surface area (Å²) in [6.45, 7) is -0.786. The predicted octanol–water partition coefficient (Wildman–Crippen LogP) is 0.491. The zero-order valence-electron chi connectivity index (χ0n) is 12.7. The van der Waals surface area contributed by atoms with E-state index in [0.717, 1.165) is 10.8 Å². The highest BCUT2D eigenvalue weighted by Gasteiger charge is 2.33. The SMILES string of the molecule is COc1ccc(/C=C2/NC(=O)N(CC(=O)[O-])C2=O)c2ccccc12. The maximum absolute atomic E-state index is 12.2. The lowest BCUT2D eigenvalue weighted by molar-refractivity contribution is -0.305. The van der Waals surface area contributed by atoms with Crippen molar-refractivity contribution in [2.45, 2.75) is 0 Å². The first-order valence-corrected chi connectivity index (χ1v) is 7.11. The number of aliphatic carboxylic acids is 1. The molecule has 0 radical (unpaired) electrons. The minimum absolute atomic E-state index is 0.0107. The van der Waals surface area contributed by atoms with Crippen molar-refractivity contribution in [3.05, 3.63) is 47.7 Å². The number of carbonyl (C=O) groups is 3. The van der Waals surface area contributed by atoms with Gasteiger partial charge in [-0.3, -0.25) is 9.69 Å². The summed E-state index contributed by atoms with van der Waals surface area (Å²) in [7, 11) is 1.57. The maximum Gasteiger partial charge on any atom is 0.329 e. The molecule has 2 aromatic rings. The summed E-state index contributed by atoms with van der Waals surface area (Å²) in [5.74, 6) is -1.52. The quantitative estimate of drug-likeness (QED) is 0.651. The van der Waals surface area contributed by atoms with Gasteiger partial charge in [0.05, 0.1) is 19.6 Å². The Balaban J connectivity index is 2.04. The third kappa shape index (κ3) is 2.67. The number of carboxylic acids is 1. The average Bonchev–Trinajstić information content (AvgIpc) is 2.82. The van der Waals surface area contributed by atoms with E-state index in [2.05, 4.69) is 5.32 Å². The van der Waals surface area contributed by atoms with Gasteiger partial charge < -0.3 is 20.0 Å². The second-order valence-corrected chi connectivity index (χ2v) is 5.15. The van der Waals surface area contributed by atoms with Crippen molar-refractivity contribution in [1.29, 1.82) is 0 Å². The molecule has 122 valence electrons. The van der Waals surface area contributed by atoms with Gasteiger partial charge in [-0.05, 0) is 23.1 Å². The number of rotatable bonds is 4. The fourth-order valence-corrected chi connectivity index (χ4v) is 2.60. The Labute approximate surface area is 137 Å². The van der Waals surface area contributed by atoms with Gasteiger partial charge in [0.15, 0.2) is 0 Å². The van der Waals surface area contributed by atoms with Crippen LogP contribution in [0.4, 0.5) is 4.79 Å². The van der Waals surface area contributed by atoms with E-state index in [1.807, 2.05) is 24.3 Å². The molecule has 3 rings (SSSR count). The van der Waals surface area contributed by atoms with E-state index in [1.54, 1.807) is 19.2 Å². The van der Waals surface area contributed by atoms with Crippen LogP contribution < -0.4 is 15.2 Å². The first-order valence-electron chi connectivity index (χ1n) is 7.11. The molecule has 1 aliphatic rings. The lowest BCUT2D eigenvalue weighted by Gasteiger charge is -2.11. The topological polar surface area (TPSA) is 98.8 Å². The van der Waals surface area contributed by atoms with Crippen molar-refractivity contribution < 1.29 is 24.2 Å². The molecule has 1 fully saturated rings. The molecule has 3 amide bonds. The molecule has 7 nitrogen and oxygen atoms in total. The Morgan fingerprint density at radius 3 is 2.58 bits per heavy atom. The normalized spacial score (nSPS) is 15.9. The highest BCUT2D eigenvalue weighted by molar-refractivity contribution is 6.15. The summed E-state index contributed by atoms with van der Waals surface area (Å²) >= 11 is 0. The van der Waals surface area contributed by atoms with Crippen LogP contribution in [0.5, 0.6) is 5.75 Å². The van der Waals surface area contributed by atoms with Crippen LogP contribution in [-0.2, 0) is 9.59 Å². The third-order valence-corrected chi connectivity index (χ3v) is 3.69. The van der Waals surface area contributed by atoms with Gasteiger partial charge in [0.1, 0.15) is 11.4 Å². The van der Waals surface area contributed by atoms with Gasteiger partial charge in [0.2, 0.25) is 0 Å². The highest BCUT2D eigenvalue weighted by Crippen LogP contribution is 2.29. The van der Waals surface area contributed by atoms with Gasteiger partial charge in [-0.1, -0.05) is 30.3 Å². The monoisotopic (exact) mass is 325 g/mol. The van der Waals surface area contributed by atoms with Gasteiger partial charge in [-0.25, -0.2) is 4.79 Å². The molecule has 0 bridgehead atoms. The number of hydrogen-bond acceptors (Lipinski definition) is 5. The minimum atomic E-state index is -1.50. The molecule has 0 saturated carbocycles. The van der Waals surface area contributed by atoms with E-state index in [1.165, 1.54) is 6.08 Å². The summed E-state index contributed by atoms with van der Waals surface area (Å²) in [6.07, 6.45) is 1.51. The van der Waals surface area contributed by atoms with Crippen LogP contribution in [0.1, 0.15) is 5.56 Å². The summed E-state index contributed by atoms with van der Waals surface area (Å²) in [5, 5.41) is 14.7. The zero-order chi connectivity index (χ0) is 17.3. The van der Waals surface area contributed by atoms with Crippen molar-refractivity contribution in [3.8, 4) is 5.75 Å². The molecule has 1 saturated heterocycles. The Bertz CT molecular complexity index is 888. The number of methoxy groups -OCH3 is 1. The molecule has 0 aromatic heterocycles. The largest absolute Gasteiger partial charge is 0.548 e. The van der Waals surface area contributed by atoms with Gasteiger partial charge in [0.25, 0.3) is 5.91 Å². The maximum atomic E-state index is 12.2. The van der Waals surface area contributed by atoms with Crippen LogP contribution in [0, 0.1) is 0 Å². The number of imide groups is 1. The Kier molecular flexibility index (Phi) is 3.91. The average molecular weight is 325 g/mol. The van der Waals surface area contributed by atoms with Crippen LogP contribution >= 0.6 is 0 Å². The van der Waals surface area contributed by atoms with Crippen molar-refractivity contribution in [3.63, 3.8) is 0 Å². The van der Waals surface area contributed by atoms with Crippen molar-refractivity contribution in [2.24, 2.45) is 0 Å². The fourth-order valence-electron chi connectivity index (χ4n) is 2.60.